The molecule has 0 saturated heterocycles. The van der Waals surface area contributed by atoms with Crippen LogP contribution in [0.5, 0.6) is 0 Å². The van der Waals surface area contributed by atoms with Crippen LogP contribution in [0, 0.1) is 0 Å². The molecule has 0 unspecified atom stereocenters. The third kappa shape index (κ3) is 9.09. The number of rotatable bonds is 4. The summed E-state index contributed by atoms with van der Waals surface area (Å²) in [6.45, 7) is 3.22. The van der Waals surface area contributed by atoms with Gasteiger partial charge in [0.15, 0.2) is 0 Å². The Morgan fingerprint density at radius 1 is 1.40 bits per heavy atom. The Labute approximate surface area is 95.6 Å². The van der Waals surface area contributed by atoms with Gasteiger partial charge >= 0.3 is 0 Å². The molecule has 0 heterocycles. The molecule has 1 aromatic rings. The van der Waals surface area contributed by atoms with Crippen LogP contribution in [-0.2, 0) is 4.79 Å². The molecular formula is C11H17ClN2O. The second-order valence-corrected chi connectivity index (χ2v) is 3.16. The summed E-state index contributed by atoms with van der Waals surface area (Å²) in [7, 11) is 0. The second kappa shape index (κ2) is 9.34. The number of alkyl halides is 1. The number of amides is 1. The number of hydrogen-bond donors (Lipinski definition) is 2. The lowest BCUT2D eigenvalue weighted by Crippen LogP contribution is -2.10. The highest BCUT2D eigenvalue weighted by Gasteiger charge is 1.84. The maximum atomic E-state index is 9.46. The van der Waals surface area contributed by atoms with Crippen LogP contribution in [0.1, 0.15) is 13.3 Å². The van der Waals surface area contributed by atoms with E-state index in [1.54, 1.807) is 0 Å². The molecule has 0 aliphatic heterocycles. The lowest BCUT2D eigenvalue weighted by atomic mass is 10.3. The van der Waals surface area contributed by atoms with Gasteiger partial charge in [-0.3, -0.25) is 4.79 Å². The minimum absolute atomic E-state index is 0.0833. The van der Waals surface area contributed by atoms with Gasteiger partial charge in [0, 0.05) is 12.2 Å². The molecule has 1 rings (SSSR count). The van der Waals surface area contributed by atoms with E-state index in [-0.39, 0.29) is 5.88 Å². The van der Waals surface area contributed by atoms with E-state index in [1.165, 1.54) is 12.1 Å². The zero-order valence-electron chi connectivity index (χ0n) is 8.87. The summed E-state index contributed by atoms with van der Waals surface area (Å²) in [5.41, 5.74) is 5.73. The number of carbonyl (C=O) groups is 1. The summed E-state index contributed by atoms with van der Waals surface area (Å²) in [6, 6.07) is 10.3. The molecule has 1 aromatic carbocycles. The lowest BCUT2D eigenvalue weighted by molar-refractivity contribution is -0.115. The fourth-order valence-corrected chi connectivity index (χ4v) is 0.825. The largest absolute Gasteiger partial charge is 0.385 e. The van der Waals surface area contributed by atoms with Gasteiger partial charge < -0.3 is 11.1 Å². The van der Waals surface area contributed by atoms with Crippen molar-refractivity contribution in [2.75, 3.05) is 17.7 Å². The first-order valence-corrected chi connectivity index (χ1v) is 5.37. The molecule has 0 spiro atoms. The average molecular weight is 229 g/mol. The third-order valence-corrected chi connectivity index (χ3v) is 1.75. The van der Waals surface area contributed by atoms with Crippen molar-refractivity contribution < 1.29 is 4.79 Å². The summed E-state index contributed by atoms with van der Waals surface area (Å²) >= 11 is 4.86. The van der Waals surface area contributed by atoms with E-state index in [2.05, 4.69) is 30.1 Å². The minimum Gasteiger partial charge on any atom is -0.385 e. The van der Waals surface area contributed by atoms with Crippen molar-refractivity contribution in [1.29, 1.82) is 0 Å². The van der Waals surface area contributed by atoms with Crippen molar-refractivity contribution in [2.45, 2.75) is 13.3 Å². The van der Waals surface area contributed by atoms with Crippen molar-refractivity contribution >= 4 is 23.2 Å². The smallest absolute Gasteiger partial charge is 0.232 e. The molecule has 0 saturated carbocycles. The van der Waals surface area contributed by atoms with Crippen LogP contribution in [0.25, 0.3) is 0 Å². The third-order valence-electron chi connectivity index (χ3n) is 1.48. The topological polar surface area (TPSA) is 55.1 Å². The SMILES string of the molecule is CCCNc1ccccc1.NC(=O)CCl. The Bertz CT molecular complexity index is 265. The predicted octanol–water partition coefficient (Wildman–Crippen LogP) is 2.22. The first-order valence-electron chi connectivity index (χ1n) is 4.83. The van der Waals surface area contributed by atoms with E-state index in [1.807, 2.05) is 18.2 Å². The standard InChI is InChI=1S/C9H13N.C2H4ClNO/c1-2-8-10-9-6-4-3-5-7-9;3-1-2(4)5/h3-7,10H,2,8H2,1H3;1H2,(H2,4,5). The number of primary amides is 1. The number of hydrogen-bond acceptors (Lipinski definition) is 2. The Kier molecular flexibility index (Phi) is 8.58. The molecule has 4 heteroatoms. The van der Waals surface area contributed by atoms with Crippen LogP contribution in [0.4, 0.5) is 5.69 Å². The predicted molar refractivity (Wildman–Crippen MR) is 65.1 cm³/mol. The quantitative estimate of drug-likeness (QED) is 0.777. The number of benzene rings is 1. The van der Waals surface area contributed by atoms with E-state index in [4.69, 9.17) is 11.6 Å². The van der Waals surface area contributed by atoms with Gasteiger partial charge in [0.1, 0.15) is 5.88 Å². The van der Waals surface area contributed by atoms with Crippen molar-refractivity contribution in [3.05, 3.63) is 30.3 Å². The molecule has 1 amide bonds. The molecule has 0 radical (unpaired) electrons. The van der Waals surface area contributed by atoms with Gasteiger partial charge in [0.2, 0.25) is 5.91 Å². The summed E-state index contributed by atoms with van der Waals surface area (Å²) in [5.74, 6) is -0.563. The van der Waals surface area contributed by atoms with Crippen molar-refractivity contribution in [3.63, 3.8) is 0 Å². The van der Waals surface area contributed by atoms with Gasteiger partial charge in [-0.2, -0.15) is 0 Å². The fourth-order valence-electron chi connectivity index (χ4n) is 0.825. The van der Waals surface area contributed by atoms with Crippen LogP contribution in [0.2, 0.25) is 0 Å². The van der Waals surface area contributed by atoms with E-state index in [0.717, 1.165) is 6.54 Å². The van der Waals surface area contributed by atoms with Crippen molar-refractivity contribution in [3.8, 4) is 0 Å². The van der Waals surface area contributed by atoms with Crippen LogP contribution in [0.15, 0.2) is 30.3 Å². The van der Waals surface area contributed by atoms with Crippen LogP contribution < -0.4 is 11.1 Å². The normalized spacial score (nSPS) is 8.67. The number of carbonyl (C=O) groups excluding carboxylic acids is 1. The molecule has 3 N–H and O–H groups in total. The molecule has 0 aromatic heterocycles. The van der Waals surface area contributed by atoms with Gasteiger partial charge in [0.05, 0.1) is 0 Å². The van der Waals surface area contributed by atoms with Gasteiger partial charge in [-0.15, -0.1) is 11.6 Å². The maximum absolute atomic E-state index is 9.46. The van der Waals surface area contributed by atoms with Gasteiger partial charge in [-0.1, -0.05) is 25.1 Å². The number of para-hydroxylation sites is 1. The molecule has 0 aliphatic carbocycles. The second-order valence-electron chi connectivity index (χ2n) is 2.89. The Hall–Kier alpha value is -1.22. The molecular weight excluding hydrogens is 212 g/mol. The van der Waals surface area contributed by atoms with Gasteiger partial charge in [-0.25, -0.2) is 0 Å². The van der Waals surface area contributed by atoms with Crippen molar-refractivity contribution in [1.82, 2.24) is 0 Å². The first kappa shape index (κ1) is 13.8. The zero-order chi connectivity index (χ0) is 11.5. The highest BCUT2D eigenvalue weighted by atomic mass is 35.5. The summed E-state index contributed by atoms with van der Waals surface area (Å²) in [5, 5.41) is 3.29. The average Bonchev–Trinajstić information content (AvgIpc) is 2.28. The van der Waals surface area contributed by atoms with E-state index in [9.17, 15) is 4.79 Å². The molecule has 84 valence electrons. The van der Waals surface area contributed by atoms with Crippen molar-refractivity contribution in [2.24, 2.45) is 5.73 Å². The molecule has 3 nitrogen and oxygen atoms in total. The lowest BCUT2D eigenvalue weighted by Gasteiger charge is -2.01. The first-order chi connectivity index (χ1) is 7.20. The number of anilines is 1. The van der Waals surface area contributed by atoms with Gasteiger partial charge in [-0.05, 0) is 18.6 Å². The van der Waals surface area contributed by atoms with Crippen LogP contribution in [0.3, 0.4) is 0 Å². The monoisotopic (exact) mass is 228 g/mol. The highest BCUT2D eigenvalue weighted by molar-refractivity contribution is 6.27. The van der Waals surface area contributed by atoms with Gasteiger partial charge in [0.25, 0.3) is 0 Å². The van der Waals surface area contributed by atoms with Crippen LogP contribution >= 0.6 is 11.6 Å². The molecule has 0 aliphatic rings. The zero-order valence-corrected chi connectivity index (χ0v) is 9.63. The summed E-state index contributed by atoms with van der Waals surface area (Å²) in [4.78, 5) is 9.46. The molecule has 0 atom stereocenters. The number of nitrogens with one attached hydrogen (secondary N) is 1. The molecule has 0 bridgehead atoms. The number of halogens is 1. The molecule has 0 fully saturated rings. The Morgan fingerprint density at radius 3 is 2.33 bits per heavy atom. The summed E-state index contributed by atoms with van der Waals surface area (Å²) < 4.78 is 0. The summed E-state index contributed by atoms with van der Waals surface area (Å²) in [6.07, 6.45) is 1.18. The van der Waals surface area contributed by atoms with Crippen LogP contribution in [-0.4, -0.2) is 18.3 Å². The minimum atomic E-state index is -0.480. The Morgan fingerprint density at radius 2 is 1.93 bits per heavy atom. The highest BCUT2D eigenvalue weighted by Crippen LogP contribution is 2.03. The van der Waals surface area contributed by atoms with E-state index >= 15 is 0 Å². The van der Waals surface area contributed by atoms with E-state index in [0.29, 0.717) is 0 Å². The van der Waals surface area contributed by atoms with E-state index < -0.39 is 5.91 Å². The Balaban J connectivity index is 0.000000336. The molecule has 15 heavy (non-hydrogen) atoms. The maximum Gasteiger partial charge on any atom is 0.232 e. The fraction of sp³-hybridized carbons (Fsp3) is 0.364. The number of nitrogens with two attached hydrogens (primary N) is 1.